The second kappa shape index (κ2) is 4.60. The first-order valence-electron chi connectivity index (χ1n) is 4.52. The van der Waals surface area contributed by atoms with E-state index in [0.717, 1.165) is 5.69 Å². The van der Waals surface area contributed by atoms with Crippen LogP contribution in [0.3, 0.4) is 0 Å². The van der Waals surface area contributed by atoms with E-state index in [9.17, 15) is 4.39 Å². The first-order chi connectivity index (χ1) is 6.70. The molecule has 0 radical (unpaired) electrons. The molecule has 1 aromatic heterocycles. The third kappa shape index (κ3) is 2.28. The van der Waals surface area contributed by atoms with Gasteiger partial charge in [-0.15, -0.1) is 12.4 Å². The minimum absolute atomic E-state index is 0. The molecule has 82 valence electrons. The van der Waals surface area contributed by atoms with Crippen molar-refractivity contribution >= 4 is 12.4 Å². The summed E-state index contributed by atoms with van der Waals surface area (Å²) in [5.41, 5.74) is 1.26. The lowest BCUT2D eigenvalue weighted by Crippen LogP contribution is -2.14. The zero-order valence-corrected chi connectivity index (χ0v) is 9.09. The molecule has 1 fully saturated rings. The highest BCUT2D eigenvalue weighted by Gasteiger charge is 2.27. The Morgan fingerprint density at radius 3 is 2.93 bits per heavy atom. The van der Waals surface area contributed by atoms with Crippen LogP contribution in [-0.4, -0.2) is 22.5 Å². The van der Waals surface area contributed by atoms with Gasteiger partial charge in [-0.1, -0.05) is 0 Å². The van der Waals surface area contributed by atoms with Gasteiger partial charge < -0.3 is 5.32 Å². The van der Waals surface area contributed by atoms with E-state index < -0.39 is 6.17 Å². The molecule has 1 N–H and O–H groups in total. The van der Waals surface area contributed by atoms with Crippen molar-refractivity contribution in [3.8, 4) is 6.07 Å². The highest BCUT2D eigenvalue weighted by atomic mass is 35.5. The number of alkyl halides is 1. The highest BCUT2D eigenvalue weighted by molar-refractivity contribution is 5.85. The number of rotatable bonds is 1. The molecule has 2 rings (SSSR count). The van der Waals surface area contributed by atoms with Gasteiger partial charge in [-0.05, 0) is 6.07 Å². The largest absolute Gasteiger partial charge is 0.306 e. The monoisotopic (exact) mass is 230 g/mol. The molecule has 0 spiro atoms. The molecule has 2 heterocycles. The van der Waals surface area contributed by atoms with E-state index in [1.54, 1.807) is 13.1 Å². The summed E-state index contributed by atoms with van der Waals surface area (Å²) in [7, 11) is 1.71. The van der Waals surface area contributed by atoms with Crippen LogP contribution in [0.15, 0.2) is 6.07 Å². The Kier molecular flexibility index (Phi) is 3.66. The van der Waals surface area contributed by atoms with Gasteiger partial charge in [0.25, 0.3) is 0 Å². The molecule has 6 heteroatoms. The van der Waals surface area contributed by atoms with Gasteiger partial charge in [-0.2, -0.15) is 10.4 Å². The van der Waals surface area contributed by atoms with E-state index in [4.69, 9.17) is 5.26 Å². The number of aryl methyl sites for hydroxylation is 1. The maximum Gasteiger partial charge on any atom is 0.138 e. The Labute approximate surface area is 93.5 Å². The molecule has 1 aromatic rings. The van der Waals surface area contributed by atoms with Gasteiger partial charge in [-0.25, -0.2) is 4.39 Å². The van der Waals surface area contributed by atoms with Crippen molar-refractivity contribution < 1.29 is 4.39 Å². The van der Waals surface area contributed by atoms with Gasteiger partial charge in [0.05, 0.1) is 11.7 Å². The third-order valence-corrected chi connectivity index (χ3v) is 2.45. The van der Waals surface area contributed by atoms with Crippen LogP contribution in [-0.2, 0) is 7.05 Å². The summed E-state index contributed by atoms with van der Waals surface area (Å²) < 4.78 is 14.4. The Hall–Kier alpha value is -1.12. The summed E-state index contributed by atoms with van der Waals surface area (Å²) in [6, 6.07) is 3.69. The van der Waals surface area contributed by atoms with Gasteiger partial charge in [0.15, 0.2) is 0 Å². The van der Waals surface area contributed by atoms with Gasteiger partial charge >= 0.3 is 0 Å². The first-order valence-corrected chi connectivity index (χ1v) is 4.52. The van der Waals surface area contributed by atoms with Crippen LogP contribution in [0.25, 0.3) is 0 Å². The Morgan fingerprint density at radius 2 is 2.47 bits per heavy atom. The Balaban J connectivity index is 0.00000112. The predicted molar refractivity (Wildman–Crippen MR) is 55.4 cm³/mol. The highest BCUT2D eigenvalue weighted by Crippen LogP contribution is 2.24. The van der Waals surface area contributed by atoms with Gasteiger partial charge in [-0.3, -0.25) is 4.68 Å². The number of nitrogens with one attached hydrogen (secondary N) is 1. The average Bonchev–Trinajstić information content (AvgIpc) is 2.71. The summed E-state index contributed by atoms with van der Waals surface area (Å²) in [5.74, 6) is 0. The topological polar surface area (TPSA) is 53.6 Å². The molecule has 0 unspecified atom stereocenters. The van der Waals surface area contributed by atoms with Crippen molar-refractivity contribution in [2.24, 2.45) is 7.05 Å². The molecule has 1 aliphatic rings. The van der Waals surface area contributed by atoms with Crippen molar-refractivity contribution in [1.82, 2.24) is 15.1 Å². The summed E-state index contributed by atoms with van der Waals surface area (Å²) in [6.45, 7) is 0.378. The Bertz CT molecular complexity index is 384. The molecule has 0 aromatic carbocycles. The number of halogens is 2. The fraction of sp³-hybridized carbons (Fsp3) is 0.556. The smallest absolute Gasteiger partial charge is 0.138 e. The molecule has 1 aliphatic heterocycles. The van der Waals surface area contributed by atoms with Crippen molar-refractivity contribution in [1.29, 1.82) is 5.26 Å². The van der Waals surface area contributed by atoms with Gasteiger partial charge in [0.1, 0.15) is 17.9 Å². The van der Waals surface area contributed by atoms with Crippen molar-refractivity contribution in [2.75, 3.05) is 6.54 Å². The maximum absolute atomic E-state index is 12.9. The molecule has 2 atom stereocenters. The summed E-state index contributed by atoms with van der Waals surface area (Å²) >= 11 is 0. The van der Waals surface area contributed by atoms with Crippen LogP contribution < -0.4 is 5.32 Å². The third-order valence-electron chi connectivity index (χ3n) is 2.45. The molecule has 1 saturated heterocycles. The molecule has 4 nitrogen and oxygen atoms in total. The second-order valence-corrected chi connectivity index (χ2v) is 3.48. The van der Waals surface area contributed by atoms with E-state index in [1.165, 1.54) is 4.68 Å². The zero-order chi connectivity index (χ0) is 10.1. The molecule has 0 aliphatic carbocycles. The van der Waals surface area contributed by atoms with Gasteiger partial charge in [0, 0.05) is 20.0 Å². The number of hydrogen-bond donors (Lipinski definition) is 1. The van der Waals surface area contributed by atoms with Gasteiger partial charge in [0.2, 0.25) is 0 Å². The van der Waals surface area contributed by atoms with Crippen LogP contribution >= 0.6 is 12.4 Å². The summed E-state index contributed by atoms with van der Waals surface area (Å²) in [4.78, 5) is 0. The normalized spacial score (nSPS) is 24.6. The van der Waals surface area contributed by atoms with Crippen LogP contribution in [0.1, 0.15) is 23.9 Å². The fourth-order valence-electron chi connectivity index (χ4n) is 1.68. The molecule has 15 heavy (non-hydrogen) atoms. The van der Waals surface area contributed by atoms with E-state index in [-0.39, 0.29) is 18.4 Å². The van der Waals surface area contributed by atoms with E-state index in [1.807, 2.05) is 6.07 Å². The van der Waals surface area contributed by atoms with Crippen molar-refractivity contribution in [2.45, 2.75) is 18.6 Å². The minimum atomic E-state index is -0.799. The molecule has 0 saturated carbocycles. The lowest BCUT2D eigenvalue weighted by Gasteiger charge is -2.04. The Morgan fingerprint density at radius 1 is 1.73 bits per heavy atom. The predicted octanol–water partition coefficient (Wildman–Crippen LogP) is 1.09. The van der Waals surface area contributed by atoms with E-state index in [0.29, 0.717) is 18.7 Å². The number of aromatic nitrogens is 2. The SMILES string of the molecule is Cl.Cn1nc([C@@H]2C[C@H](F)CN2)cc1C#N. The molecule has 0 amide bonds. The lowest BCUT2D eigenvalue weighted by molar-refractivity contribution is 0.355. The van der Waals surface area contributed by atoms with E-state index in [2.05, 4.69) is 10.4 Å². The quantitative estimate of drug-likeness (QED) is 0.786. The molecular weight excluding hydrogens is 219 g/mol. The van der Waals surface area contributed by atoms with Crippen LogP contribution in [0.4, 0.5) is 4.39 Å². The number of nitriles is 1. The second-order valence-electron chi connectivity index (χ2n) is 3.48. The number of nitrogens with zero attached hydrogens (tertiary/aromatic N) is 3. The summed E-state index contributed by atoms with van der Waals surface area (Å²) in [6.07, 6.45) is -0.352. The summed E-state index contributed by atoms with van der Waals surface area (Å²) in [5, 5.41) is 15.9. The maximum atomic E-state index is 12.9. The van der Waals surface area contributed by atoms with Crippen molar-refractivity contribution in [3.05, 3.63) is 17.5 Å². The standard InChI is InChI=1S/C9H11FN4.ClH/c1-14-7(4-11)3-9(13-14)8-2-6(10)5-12-8;/h3,6,8,12H,2,5H2,1H3;1H/t6-,8-;/m0./s1. The average molecular weight is 231 g/mol. The first kappa shape index (κ1) is 12.0. The van der Waals surface area contributed by atoms with E-state index >= 15 is 0 Å². The fourth-order valence-corrected chi connectivity index (χ4v) is 1.68. The minimum Gasteiger partial charge on any atom is -0.306 e. The van der Waals surface area contributed by atoms with Crippen molar-refractivity contribution in [3.63, 3.8) is 0 Å². The number of hydrogen-bond acceptors (Lipinski definition) is 3. The van der Waals surface area contributed by atoms with Crippen LogP contribution in [0, 0.1) is 11.3 Å². The molecule has 0 bridgehead atoms. The lowest BCUT2D eigenvalue weighted by atomic mass is 10.1. The molecular formula is C9H12ClFN4. The van der Waals surface area contributed by atoms with Crippen LogP contribution in [0.2, 0.25) is 0 Å². The van der Waals surface area contributed by atoms with Crippen LogP contribution in [0.5, 0.6) is 0 Å². The zero-order valence-electron chi connectivity index (χ0n) is 8.27.